The molecule has 1 aromatic carbocycles. The summed E-state index contributed by atoms with van der Waals surface area (Å²) in [4.78, 5) is 13.7. The maximum atomic E-state index is 6.21. The van der Waals surface area contributed by atoms with E-state index in [1.54, 1.807) is 16.9 Å². The first-order valence-corrected chi connectivity index (χ1v) is 11.1. The predicted octanol–water partition coefficient (Wildman–Crippen LogP) is 3.85. The molecule has 1 aliphatic carbocycles. The van der Waals surface area contributed by atoms with Gasteiger partial charge < -0.3 is 16.4 Å². The van der Waals surface area contributed by atoms with Gasteiger partial charge in [-0.2, -0.15) is 19.6 Å². The fourth-order valence-electron chi connectivity index (χ4n) is 3.87. The number of nitrogens with one attached hydrogen (secondary N) is 2. The van der Waals surface area contributed by atoms with E-state index in [1.807, 2.05) is 18.2 Å². The standard InChI is InChI=1S/C22H23BrN8/c23-16-13-27-31-20(16)29-21(28-19-6-3-4-17(19)24)30-22(31)26-12-14-7-9-15(10-8-14)18-5-1-2-11-25-18/h1-2,5,7-11,13,17,19H,3-4,6,12,24H2,(H2,26,28,29,30)/t17-,19-/m0/s1. The van der Waals surface area contributed by atoms with Crippen molar-refractivity contribution < 1.29 is 0 Å². The molecule has 0 bridgehead atoms. The molecule has 9 heteroatoms. The molecule has 8 nitrogen and oxygen atoms in total. The highest BCUT2D eigenvalue weighted by Gasteiger charge is 2.25. The van der Waals surface area contributed by atoms with Crippen molar-refractivity contribution in [1.29, 1.82) is 0 Å². The number of rotatable bonds is 6. The molecule has 4 aromatic rings. The van der Waals surface area contributed by atoms with Crippen LogP contribution in [0.4, 0.5) is 11.9 Å². The van der Waals surface area contributed by atoms with Crippen molar-refractivity contribution in [2.75, 3.05) is 10.6 Å². The number of fused-ring (bicyclic) bond motifs is 1. The second-order valence-electron chi connectivity index (χ2n) is 7.71. The van der Waals surface area contributed by atoms with Gasteiger partial charge in [0.05, 0.1) is 16.4 Å². The highest BCUT2D eigenvalue weighted by molar-refractivity contribution is 9.10. The molecule has 0 aliphatic heterocycles. The molecule has 1 fully saturated rings. The zero-order chi connectivity index (χ0) is 21.2. The molecule has 2 atom stereocenters. The van der Waals surface area contributed by atoms with Crippen molar-refractivity contribution in [3.8, 4) is 11.3 Å². The highest BCUT2D eigenvalue weighted by Crippen LogP contribution is 2.24. The molecule has 5 rings (SSSR count). The van der Waals surface area contributed by atoms with E-state index < -0.39 is 0 Å². The van der Waals surface area contributed by atoms with Crippen molar-refractivity contribution >= 4 is 33.5 Å². The third-order valence-electron chi connectivity index (χ3n) is 5.57. The minimum atomic E-state index is 0.127. The van der Waals surface area contributed by atoms with Gasteiger partial charge in [-0.1, -0.05) is 30.3 Å². The Morgan fingerprint density at radius 2 is 1.97 bits per heavy atom. The van der Waals surface area contributed by atoms with Crippen LogP contribution in [0.3, 0.4) is 0 Å². The normalized spacial score (nSPS) is 18.4. The second-order valence-corrected chi connectivity index (χ2v) is 8.56. The summed E-state index contributed by atoms with van der Waals surface area (Å²) in [7, 11) is 0. The molecule has 31 heavy (non-hydrogen) atoms. The Morgan fingerprint density at radius 1 is 1.10 bits per heavy atom. The maximum Gasteiger partial charge on any atom is 0.229 e. The van der Waals surface area contributed by atoms with Crippen LogP contribution in [0.5, 0.6) is 0 Å². The van der Waals surface area contributed by atoms with Gasteiger partial charge in [-0.05, 0) is 52.9 Å². The van der Waals surface area contributed by atoms with Gasteiger partial charge in [0.1, 0.15) is 0 Å². The van der Waals surface area contributed by atoms with Crippen LogP contribution >= 0.6 is 15.9 Å². The fraction of sp³-hybridized carbons (Fsp3) is 0.273. The fourth-order valence-corrected chi connectivity index (χ4v) is 4.22. The van der Waals surface area contributed by atoms with Crippen molar-refractivity contribution in [3.63, 3.8) is 0 Å². The number of nitrogens with two attached hydrogens (primary N) is 1. The molecule has 0 amide bonds. The Labute approximate surface area is 188 Å². The Hall–Kier alpha value is -3.04. The first kappa shape index (κ1) is 19.9. The molecular formula is C22H23BrN8. The summed E-state index contributed by atoms with van der Waals surface area (Å²) in [5, 5.41) is 11.2. The van der Waals surface area contributed by atoms with Gasteiger partial charge in [0.25, 0.3) is 0 Å². The van der Waals surface area contributed by atoms with Gasteiger partial charge in [-0.3, -0.25) is 4.98 Å². The number of anilines is 2. The summed E-state index contributed by atoms with van der Waals surface area (Å²) in [5.74, 6) is 1.18. The van der Waals surface area contributed by atoms with Crippen molar-refractivity contribution in [3.05, 3.63) is 64.9 Å². The zero-order valence-corrected chi connectivity index (χ0v) is 18.5. The van der Waals surface area contributed by atoms with Gasteiger partial charge >= 0.3 is 0 Å². The largest absolute Gasteiger partial charge is 0.350 e. The van der Waals surface area contributed by atoms with Crippen LogP contribution in [0, 0.1) is 0 Å². The Bertz CT molecular complexity index is 1180. The lowest BCUT2D eigenvalue weighted by Gasteiger charge is -2.18. The first-order chi connectivity index (χ1) is 15.2. The quantitative estimate of drug-likeness (QED) is 0.386. The molecule has 158 valence electrons. The Balaban J connectivity index is 1.36. The van der Waals surface area contributed by atoms with Crippen molar-refractivity contribution in [2.24, 2.45) is 5.73 Å². The molecule has 0 saturated heterocycles. The lowest BCUT2D eigenvalue weighted by atomic mass is 10.1. The first-order valence-electron chi connectivity index (χ1n) is 10.3. The van der Waals surface area contributed by atoms with Crippen LogP contribution < -0.4 is 16.4 Å². The summed E-state index contributed by atoms with van der Waals surface area (Å²) in [6.07, 6.45) is 6.70. The number of nitrogens with zero attached hydrogens (tertiary/aromatic N) is 5. The number of halogens is 1. The van der Waals surface area contributed by atoms with E-state index in [9.17, 15) is 0 Å². The second kappa shape index (κ2) is 8.60. The summed E-state index contributed by atoms with van der Waals surface area (Å²) >= 11 is 3.53. The van der Waals surface area contributed by atoms with Crippen LogP contribution in [0.15, 0.2) is 59.3 Å². The van der Waals surface area contributed by atoms with Crippen molar-refractivity contribution in [1.82, 2.24) is 24.6 Å². The van der Waals surface area contributed by atoms with Gasteiger partial charge in [0.2, 0.25) is 11.9 Å². The Kier molecular flexibility index (Phi) is 5.52. The molecule has 1 saturated carbocycles. The number of aromatic nitrogens is 5. The lowest BCUT2D eigenvalue weighted by molar-refractivity contribution is 0.632. The summed E-state index contributed by atoms with van der Waals surface area (Å²) in [6.45, 7) is 0.606. The summed E-state index contributed by atoms with van der Waals surface area (Å²) in [5.41, 5.74) is 10.1. The monoisotopic (exact) mass is 478 g/mol. The lowest BCUT2D eigenvalue weighted by Crippen LogP contribution is -2.35. The molecule has 0 radical (unpaired) electrons. The number of benzene rings is 1. The highest BCUT2D eigenvalue weighted by atomic mass is 79.9. The van der Waals surface area contributed by atoms with E-state index in [2.05, 4.69) is 70.9 Å². The van der Waals surface area contributed by atoms with E-state index in [1.165, 1.54) is 0 Å². The van der Waals surface area contributed by atoms with Crippen molar-refractivity contribution in [2.45, 2.75) is 37.9 Å². The van der Waals surface area contributed by atoms with E-state index in [4.69, 9.17) is 5.73 Å². The maximum absolute atomic E-state index is 6.21. The minimum Gasteiger partial charge on any atom is -0.350 e. The molecular weight excluding hydrogens is 456 g/mol. The average molecular weight is 479 g/mol. The van der Waals surface area contributed by atoms with Crippen LogP contribution in [-0.4, -0.2) is 36.6 Å². The minimum absolute atomic E-state index is 0.127. The van der Waals surface area contributed by atoms with E-state index in [-0.39, 0.29) is 12.1 Å². The van der Waals surface area contributed by atoms with Crippen LogP contribution in [-0.2, 0) is 6.54 Å². The molecule has 0 spiro atoms. The van der Waals surface area contributed by atoms with Crippen LogP contribution in [0.2, 0.25) is 0 Å². The predicted molar refractivity (Wildman–Crippen MR) is 125 cm³/mol. The van der Waals surface area contributed by atoms with Crippen LogP contribution in [0.25, 0.3) is 16.9 Å². The topological polar surface area (TPSA) is 106 Å². The number of hydrogen-bond donors (Lipinski definition) is 3. The molecule has 3 aromatic heterocycles. The van der Waals surface area contributed by atoms with E-state index >= 15 is 0 Å². The molecule has 4 N–H and O–H groups in total. The average Bonchev–Trinajstić information content (AvgIpc) is 3.38. The number of hydrogen-bond acceptors (Lipinski definition) is 7. The van der Waals surface area contributed by atoms with E-state index in [0.717, 1.165) is 40.6 Å². The third-order valence-corrected chi connectivity index (χ3v) is 6.13. The van der Waals surface area contributed by atoms with Gasteiger partial charge in [-0.25, -0.2) is 0 Å². The summed E-state index contributed by atoms with van der Waals surface area (Å²) in [6, 6.07) is 14.6. The van der Waals surface area contributed by atoms with Gasteiger partial charge in [0, 0.05) is 30.4 Å². The van der Waals surface area contributed by atoms with Crippen LogP contribution in [0.1, 0.15) is 24.8 Å². The third kappa shape index (κ3) is 4.24. The van der Waals surface area contributed by atoms with Gasteiger partial charge in [0.15, 0.2) is 5.65 Å². The molecule has 3 heterocycles. The summed E-state index contributed by atoms with van der Waals surface area (Å²) < 4.78 is 2.52. The van der Waals surface area contributed by atoms with Gasteiger partial charge in [-0.15, -0.1) is 0 Å². The zero-order valence-electron chi connectivity index (χ0n) is 16.9. The Morgan fingerprint density at radius 3 is 2.71 bits per heavy atom. The SMILES string of the molecule is N[C@H]1CCC[C@@H]1Nc1nc(NCc2ccc(-c3ccccn3)cc2)n2ncc(Br)c2n1. The molecule has 0 unspecified atom stereocenters. The smallest absolute Gasteiger partial charge is 0.229 e. The number of pyridine rings is 1. The van der Waals surface area contributed by atoms with E-state index in [0.29, 0.717) is 24.1 Å². The molecule has 1 aliphatic rings.